The van der Waals surface area contributed by atoms with Crippen molar-refractivity contribution in [3.63, 3.8) is 0 Å². The minimum Gasteiger partial charge on any atom is -0.379 e. The van der Waals surface area contributed by atoms with Crippen LogP contribution in [0.3, 0.4) is 0 Å². The Labute approximate surface area is 131 Å². The number of hydrogen-bond acceptors (Lipinski definition) is 4. The summed E-state index contributed by atoms with van der Waals surface area (Å²) in [6.07, 6.45) is 0.817. The van der Waals surface area contributed by atoms with Crippen molar-refractivity contribution in [1.82, 2.24) is 9.62 Å². The van der Waals surface area contributed by atoms with Crippen molar-refractivity contribution in [2.24, 2.45) is 0 Å². The highest BCUT2D eigenvalue weighted by molar-refractivity contribution is 7.89. The van der Waals surface area contributed by atoms with E-state index in [0.29, 0.717) is 31.9 Å². The molecule has 1 aromatic rings. The number of nitrogens with zero attached hydrogens (tertiary/aromatic N) is 1. The van der Waals surface area contributed by atoms with Crippen LogP contribution < -0.4 is 5.32 Å². The van der Waals surface area contributed by atoms with Crippen LogP contribution in [0.25, 0.3) is 0 Å². The molecule has 6 nitrogen and oxygen atoms in total. The zero-order valence-electron chi connectivity index (χ0n) is 12.9. The average Bonchev–Trinajstić information content (AvgIpc) is 2.55. The molecule has 1 N–H and O–H groups in total. The highest BCUT2D eigenvalue weighted by atomic mass is 32.2. The number of nitrogens with one attached hydrogen (secondary N) is 1. The molecule has 1 atom stereocenters. The summed E-state index contributed by atoms with van der Waals surface area (Å²) in [6.45, 7) is 5.36. The SMILES string of the molecule is CCC(C)NC(=O)c1cccc(S(=O)(=O)N2CCOCC2)c1. The van der Waals surface area contributed by atoms with Crippen LogP contribution in [0.5, 0.6) is 0 Å². The Hall–Kier alpha value is -1.44. The maximum atomic E-state index is 12.6. The van der Waals surface area contributed by atoms with Gasteiger partial charge in [-0.05, 0) is 31.5 Å². The number of sulfonamides is 1. The van der Waals surface area contributed by atoms with Gasteiger partial charge in [-0.15, -0.1) is 0 Å². The Morgan fingerprint density at radius 2 is 2.05 bits per heavy atom. The molecule has 0 radical (unpaired) electrons. The molecule has 122 valence electrons. The minimum absolute atomic E-state index is 0.0482. The van der Waals surface area contributed by atoms with Gasteiger partial charge >= 0.3 is 0 Å². The van der Waals surface area contributed by atoms with Gasteiger partial charge in [0.25, 0.3) is 5.91 Å². The van der Waals surface area contributed by atoms with Crippen molar-refractivity contribution in [2.75, 3.05) is 26.3 Å². The number of carbonyl (C=O) groups excluding carboxylic acids is 1. The first kappa shape index (κ1) is 16.9. The molecule has 1 aliphatic heterocycles. The first-order valence-corrected chi connectivity index (χ1v) is 8.88. The predicted molar refractivity (Wildman–Crippen MR) is 83.2 cm³/mol. The average molecular weight is 326 g/mol. The molecule has 1 amide bonds. The van der Waals surface area contributed by atoms with E-state index in [9.17, 15) is 13.2 Å². The van der Waals surface area contributed by atoms with Crippen molar-refractivity contribution in [3.05, 3.63) is 29.8 Å². The molecule has 0 spiro atoms. The van der Waals surface area contributed by atoms with E-state index in [-0.39, 0.29) is 16.8 Å². The molecular weight excluding hydrogens is 304 g/mol. The largest absolute Gasteiger partial charge is 0.379 e. The Bertz CT molecular complexity index is 624. The molecule has 1 unspecified atom stereocenters. The summed E-state index contributed by atoms with van der Waals surface area (Å²) in [4.78, 5) is 12.3. The van der Waals surface area contributed by atoms with Crippen LogP contribution in [0.4, 0.5) is 0 Å². The second-order valence-electron chi connectivity index (χ2n) is 5.33. The van der Waals surface area contributed by atoms with Gasteiger partial charge in [0.15, 0.2) is 0 Å². The topological polar surface area (TPSA) is 75.7 Å². The van der Waals surface area contributed by atoms with Gasteiger partial charge in [-0.1, -0.05) is 13.0 Å². The van der Waals surface area contributed by atoms with E-state index in [1.54, 1.807) is 12.1 Å². The van der Waals surface area contributed by atoms with Gasteiger partial charge in [0, 0.05) is 24.7 Å². The van der Waals surface area contributed by atoms with Crippen LogP contribution in [0, 0.1) is 0 Å². The van der Waals surface area contributed by atoms with E-state index in [2.05, 4.69) is 5.32 Å². The molecule has 22 heavy (non-hydrogen) atoms. The molecule has 7 heteroatoms. The third-order valence-electron chi connectivity index (χ3n) is 3.69. The lowest BCUT2D eigenvalue weighted by Crippen LogP contribution is -2.40. The fourth-order valence-electron chi connectivity index (χ4n) is 2.14. The third kappa shape index (κ3) is 3.85. The standard InChI is InChI=1S/C15H22N2O4S/c1-3-12(2)16-15(18)13-5-4-6-14(11-13)22(19,20)17-7-9-21-10-8-17/h4-6,11-12H,3,7-10H2,1-2H3,(H,16,18). The molecule has 0 aromatic heterocycles. The van der Waals surface area contributed by atoms with Crippen LogP contribution in [0.15, 0.2) is 29.2 Å². The quantitative estimate of drug-likeness (QED) is 0.883. The van der Waals surface area contributed by atoms with Crippen LogP contribution >= 0.6 is 0 Å². The Morgan fingerprint density at radius 3 is 2.68 bits per heavy atom. The van der Waals surface area contributed by atoms with E-state index >= 15 is 0 Å². The molecule has 1 fully saturated rings. The molecule has 0 saturated carbocycles. The number of ether oxygens (including phenoxy) is 1. The molecule has 1 saturated heterocycles. The van der Waals surface area contributed by atoms with Gasteiger partial charge in [-0.2, -0.15) is 4.31 Å². The van der Waals surface area contributed by atoms with Crippen molar-refractivity contribution in [3.8, 4) is 0 Å². The Kier molecular flexibility index (Phi) is 5.55. The number of morpholine rings is 1. The lowest BCUT2D eigenvalue weighted by molar-refractivity contribution is 0.0730. The normalized spacial score (nSPS) is 17.9. The monoisotopic (exact) mass is 326 g/mol. The highest BCUT2D eigenvalue weighted by Crippen LogP contribution is 2.18. The maximum Gasteiger partial charge on any atom is 0.251 e. The number of hydrogen-bond donors (Lipinski definition) is 1. The number of amides is 1. The van der Waals surface area contributed by atoms with Crippen molar-refractivity contribution >= 4 is 15.9 Å². The van der Waals surface area contributed by atoms with E-state index in [1.165, 1.54) is 16.4 Å². The molecule has 0 bridgehead atoms. The van der Waals surface area contributed by atoms with Crippen molar-refractivity contribution in [2.45, 2.75) is 31.2 Å². The Balaban J connectivity index is 2.22. The van der Waals surface area contributed by atoms with E-state index in [0.717, 1.165) is 6.42 Å². The lowest BCUT2D eigenvalue weighted by Gasteiger charge is -2.26. The number of benzene rings is 1. The molecular formula is C15H22N2O4S. The second kappa shape index (κ2) is 7.21. The number of carbonyl (C=O) groups is 1. The lowest BCUT2D eigenvalue weighted by atomic mass is 10.2. The summed E-state index contributed by atoms with van der Waals surface area (Å²) in [5.41, 5.74) is 0.356. The van der Waals surface area contributed by atoms with Gasteiger partial charge in [0.05, 0.1) is 18.1 Å². The summed E-state index contributed by atoms with van der Waals surface area (Å²) in [6, 6.07) is 6.22. The van der Waals surface area contributed by atoms with Gasteiger partial charge in [-0.25, -0.2) is 8.42 Å². The van der Waals surface area contributed by atoms with Crippen LogP contribution in [-0.2, 0) is 14.8 Å². The summed E-state index contributed by atoms with van der Waals surface area (Å²) >= 11 is 0. The van der Waals surface area contributed by atoms with Gasteiger partial charge in [0.2, 0.25) is 10.0 Å². The smallest absolute Gasteiger partial charge is 0.251 e. The van der Waals surface area contributed by atoms with Gasteiger partial charge < -0.3 is 10.1 Å². The second-order valence-corrected chi connectivity index (χ2v) is 7.26. The zero-order chi connectivity index (χ0) is 16.2. The highest BCUT2D eigenvalue weighted by Gasteiger charge is 2.26. The molecule has 1 aliphatic rings. The Morgan fingerprint density at radius 1 is 1.36 bits per heavy atom. The van der Waals surface area contributed by atoms with E-state index in [1.807, 2.05) is 13.8 Å². The maximum absolute atomic E-state index is 12.6. The molecule has 1 heterocycles. The number of rotatable bonds is 5. The summed E-state index contributed by atoms with van der Waals surface area (Å²) in [5, 5.41) is 2.84. The van der Waals surface area contributed by atoms with E-state index < -0.39 is 10.0 Å². The van der Waals surface area contributed by atoms with E-state index in [4.69, 9.17) is 4.74 Å². The van der Waals surface area contributed by atoms with Gasteiger partial charge in [-0.3, -0.25) is 4.79 Å². The summed E-state index contributed by atoms with van der Waals surface area (Å²) in [7, 11) is -3.58. The van der Waals surface area contributed by atoms with Crippen molar-refractivity contribution in [1.29, 1.82) is 0 Å². The first-order chi connectivity index (χ1) is 10.4. The van der Waals surface area contributed by atoms with Crippen LogP contribution in [0.1, 0.15) is 30.6 Å². The molecule has 0 aliphatic carbocycles. The molecule has 2 rings (SSSR count). The fourth-order valence-corrected chi connectivity index (χ4v) is 3.60. The summed E-state index contributed by atoms with van der Waals surface area (Å²) < 4.78 is 31.7. The van der Waals surface area contributed by atoms with Crippen molar-refractivity contribution < 1.29 is 17.9 Å². The van der Waals surface area contributed by atoms with Gasteiger partial charge in [0.1, 0.15) is 0 Å². The zero-order valence-corrected chi connectivity index (χ0v) is 13.7. The molecule has 1 aromatic carbocycles. The minimum atomic E-state index is -3.58. The summed E-state index contributed by atoms with van der Waals surface area (Å²) in [5.74, 6) is -0.256. The van der Waals surface area contributed by atoms with Crippen LogP contribution in [0.2, 0.25) is 0 Å². The fraction of sp³-hybridized carbons (Fsp3) is 0.533. The predicted octanol–water partition coefficient (Wildman–Crippen LogP) is 1.24. The first-order valence-electron chi connectivity index (χ1n) is 7.44. The third-order valence-corrected chi connectivity index (χ3v) is 5.59. The van der Waals surface area contributed by atoms with Crippen LogP contribution in [-0.4, -0.2) is 51.0 Å².